The van der Waals surface area contributed by atoms with E-state index >= 15 is 0 Å². The molecular formula is C7H7NO3. The number of carbonyl (C=O) groups is 3. The molecule has 2 fully saturated rings. The van der Waals surface area contributed by atoms with Crippen LogP contribution in [0.3, 0.4) is 0 Å². The molecule has 0 radical (unpaired) electrons. The summed E-state index contributed by atoms with van der Waals surface area (Å²) in [6.07, 6.45) is 1.29. The molecule has 58 valence electrons. The molecule has 1 saturated carbocycles. The molecule has 0 aromatic rings. The summed E-state index contributed by atoms with van der Waals surface area (Å²) in [6, 6.07) is 0. The van der Waals surface area contributed by atoms with Crippen LogP contribution in [0.4, 0.5) is 0 Å². The van der Waals surface area contributed by atoms with Gasteiger partial charge in [0.1, 0.15) is 6.29 Å². The first-order valence-corrected chi connectivity index (χ1v) is 3.54. The van der Waals surface area contributed by atoms with Crippen LogP contribution in [0.5, 0.6) is 0 Å². The quantitative estimate of drug-likeness (QED) is 0.385. The van der Waals surface area contributed by atoms with Gasteiger partial charge in [-0.25, -0.2) is 0 Å². The monoisotopic (exact) mass is 153 g/mol. The average Bonchev–Trinajstić information content (AvgIpc) is 2.71. The van der Waals surface area contributed by atoms with Gasteiger partial charge in [0.15, 0.2) is 0 Å². The Bertz CT molecular complexity index is 228. The number of nitrogens with zero attached hydrogens (tertiary/aromatic N) is 1. The molecule has 11 heavy (non-hydrogen) atoms. The zero-order valence-electron chi connectivity index (χ0n) is 5.82. The number of fused-ring (bicyclic) bond motifs is 1. The van der Waals surface area contributed by atoms with Gasteiger partial charge in [0.2, 0.25) is 11.8 Å². The lowest BCUT2D eigenvalue weighted by molar-refractivity contribution is -0.142. The molecule has 0 aromatic heterocycles. The fourth-order valence-corrected chi connectivity index (χ4v) is 1.50. The summed E-state index contributed by atoms with van der Waals surface area (Å²) in [5.41, 5.74) is 0. The molecule has 1 heterocycles. The van der Waals surface area contributed by atoms with Crippen molar-refractivity contribution in [2.75, 3.05) is 6.54 Å². The van der Waals surface area contributed by atoms with E-state index in [9.17, 15) is 14.4 Å². The Balaban J connectivity index is 2.16. The third kappa shape index (κ3) is 0.721. The number of likely N-dealkylation sites (tertiary alicyclic amines) is 1. The van der Waals surface area contributed by atoms with Crippen LogP contribution in [0.1, 0.15) is 6.42 Å². The normalized spacial score (nSPS) is 34.0. The van der Waals surface area contributed by atoms with E-state index in [1.54, 1.807) is 0 Å². The second-order valence-corrected chi connectivity index (χ2v) is 2.90. The lowest BCUT2D eigenvalue weighted by Crippen LogP contribution is -2.34. The fourth-order valence-electron chi connectivity index (χ4n) is 1.50. The molecule has 1 aliphatic heterocycles. The Morgan fingerprint density at radius 3 is 2.36 bits per heavy atom. The molecule has 2 amide bonds. The number of amides is 2. The number of piperidine rings is 1. The maximum absolute atomic E-state index is 11.1. The number of rotatable bonds is 2. The molecule has 2 rings (SSSR count). The van der Waals surface area contributed by atoms with Crippen LogP contribution in [0, 0.1) is 11.8 Å². The number of carbonyl (C=O) groups excluding carboxylic acids is 3. The highest BCUT2D eigenvalue weighted by atomic mass is 16.2. The predicted molar refractivity (Wildman–Crippen MR) is 34.4 cm³/mol. The van der Waals surface area contributed by atoms with E-state index in [0.29, 0.717) is 12.7 Å². The molecule has 4 heteroatoms. The molecule has 0 aromatic carbocycles. The largest absolute Gasteiger partial charge is 0.301 e. The predicted octanol–water partition coefficient (Wildman–Crippen LogP) is -0.810. The van der Waals surface area contributed by atoms with Crippen molar-refractivity contribution in [3.63, 3.8) is 0 Å². The first-order valence-electron chi connectivity index (χ1n) is 3.54. The number of hydrogen-bond donors (Lipinski definition) is 0. The Hall–Kier alpha value is -1.19. The standard InChI is InChI=1S/C7H7NO3/c9-2-1-8-6(10)4-3-5(4)7(8)11/h2,4-5H,1,3H2. The van der Waals surface area contributed by atoms with Crippen LogP contribution < -0.4 is 0 Å². The summed E-state index contributed by atoms with van der Waals surface area (Å²) in [5.74, 6) is -0.482. The maximum Gasteiger partial charge on any atom is 0.233 e. The zero-order valence-corrected chi connectivity index (χ0v) is 5.82. The van der Waals surface area contributed by atoms with Gasteiger partial charge in [-0.2, -0.15) is 0 Å². The van der Waals surface area contributed by atoms with E-state index in [2.05, 4.69) is 0 Å². The molecule has 0 bridgehead atoms. The number of imide groups is 1. The first kappa shape index (κ1) is 6.52. The molecule has 4 nitrogen and oxygen atoms in total. The summed E-state index contributed by atoms with van der Waals surface area (Å²) in [6.45, 7) is -0.0648. The van der Waals surface area contributed by atoms with Crippen molar-refractivity contribution in [1.82, 2.24) is 4.90 Å². The van der Waals surface area contributed by atoms with Gasteiger partial charge >= 0.3 is 0 Å². The Morgan fingerprint density at radius 1 is 1.36 bits per heavy atom. The summed E-state index contributed by atoms with van der Waals surface area (Å²) in [4.78, 5) is 33.3. The van der Waals surface area contributed by atoms with Crippen LogP contribution in [-0.4, -0.2) is 29.5 Å². The van der Waals surface area contributed by atoms with Crippen molar-refractivity contribution in [2.24, 2.45) is 11.8 Å². The average molecular weight is 153 g/mol. The van der Waals surface area contributed by atoms with Gasteiger partial charge in [-0.3, -0.25) is 14.5 Å². The minimum atomic E-state index is -0.160. The molecule has 2 atom stereocenters. The molecular weight excluding hydrogens is 146 g/mol. The van der Waals surface area contributed by atoms with Crippen molar-refractivity contribution >= 4 is 18.1 Å². The van der Waals surface area contributed by atoms with Gasteiger partial charge in [-0.05, 0) is 6.42 Å². The van der Waals surface area contributed by atoms with Crippen LogP contribution in [0.25, 0.3) is 0 Å². The van der Waals surface area contributed by atoms with Crippen molar-refractivity contribution < 1.29 is 14.4 Å². The molecule has 0 spiro atoms. The lowest BCUT2D eigenvalue weighted by atomic mass is 10.4. The molecule has 0 N–H and O–H groups in total. The highest BCUT2D eigenvalue weighted by Crippen LogP contribution is 2.46. The third-order valence-electron chi connectivity index (χ3n) is 2.21. The number of aldehydes is 1. The summed E-state index contributed by atoms with van der Waals surface area (Å²) < 4.78 is 0. The van der Waals surface area contributed by atoms with Crippen molar-refractivity contribution in [1.29, 1.82) is 0 Å². The molecule has 2 aliphatic rings. The molecule has 1 saturated heterocycles. The van der Waals surface area contributed by atoms with Crippen LogP contribution in [-0.2, 0) is 14.4 Å². The van der Waals surface area contributed by atoms with E-state index in [4.69, 9.17) is 0 Å². The van der Waals surface area contributed by atoms with E-state index < -0.39 is 0 Å². The second kappa shape index (κ2) is 1.90. The van der Waals surface area contributed by atoms with E-state index in [1.165, 1.54) is 0 Å². The Labute approximate surface area is 63.2 Å². The topological polar surface area (TPSA) is 54.5 Å². The van der Waals surface area contributed by atoms with E-state index in [-0.39, 0.29) is 30.2 Å². The van der Waals surface area contributed by atoms with Gasteiger partial charge in [-0.1, -0.05) is 0 Å². The van der Waals surface area contributed by atoms with Gasteiger partial charge < -0.3 is 4.79 Å². The van der Waals surface area contributed by atoms with E-state index in [0.717, 1.165) is 4.90 Å². The second-order valence-electron chi connectivity index (χ2n) is 2.90. The zero-order chi connectivity index (χ0) is 8.01. The lowest BCUT2D eigenvalue weighted by Gasteiger charge is -2.11. The highest BCUT2D eigenvalue weighted by Gasteiger charge is 2.58. The van der Waals surface area contributed by atoms with Crippen LogP contribution in [0.15, 0.2) is 0 Å². The third-order valence-corrected chi connectivity index (χ3v) is 2.21. The summed E-state index contributed by atoms with van der Waals surface area (Å²) in [7, 11) is 0. The number of hydrogen-bond acceptors (Lipinski definition) is 3. The minimum absolute atomic E-state index is 0.0648. The molecule has 1 aliphatic carbocycles. The SMILES string of the molecule is O=CCN1C(=O)C2CC2C1=O. The Morgan fingerprint density at radius 2 is 1.91 bits per heavy atom. The van der Waals surface area contributed by atoms with Gasteiger partial charge in [0.25, 0.3) is 0 Å². The van der Waals surface area contributed by atoms with Crippen molar-refractivity contribution in [3.8, 4) is 0 Å². The van der Waals surface area contributed by atoms with E-state index in [1.807, 2.05) is 0 Å². The van der Waals surface area contributed by atoms with Crippen molar-refractivity contribution in [2.45, 2.75) is 6.42 Å². The van der Waals surface area contributed by atoms with Crippen molar-refractivity contribution in [3.05, 3.63) is 0 Å². The van der Waals surface area contributed by atoms with Crippen LogP contribution >= 0.6 is 0 Å². The van der Waals surface area contributed by atoms with Gasteiger partial charge in [0, 0.05) is 0 Å². The smallest absolute Gasteiger partial charge is 0.233 e. The summed E-state index contributed by atoms with van der Waals surface area (Å²) >= 11 is 0. The highest BCUT2D eigenvalue weighted by molar-refractivity contribution is 6.09. The molecule has 2 unspecified atom stereocenters. The first-order chi connectivity index (χ1) is 5.25. The Kier molecular flexibility index (Phi) is 1.13. The summed E-state index contributed by atoms with van der Waals surface area (Å²) in [5, 5.41) is 0. The fraction of sp³-hybridized carbons (Fsp3) is 0.571. The van der Waals surface area contributed by atoms with Gasteiger partial charge in [-0.15, -0.1) is 0 Å². The van der Waals surface area contributed by atoms with Crippen LogP contribution in [0.2, 0.25) is 0 Å². The van der Waals surface area contributed by atoms with Gasteiger partial charge in [0.05, 0.1) is 18.4 Å². The minimum Gasteiger partial charge on any atom is -0.301 e. The maximum atomic E-state index is 11.1.